The van der Waals surface area contributed by atoms with Crippen molar-refractivity contribution < 1.29 is 29.0 Å². The van der Waals surface area contributed by atoms with Crippen LogP contribution in [0.5, 0.6) is 0 Å². The van der Waals surface area contributed by atoms with Crippen LogP contribution in [0.2, 0.25) is 0 Å². The van der Waals surface area contributed by atoms with Crippen LogP contribution in [-0.2, 0) is 23.9 Å². The summed E-state index contributed by atoms with van der Waals surface area (Å²) in [6.07, 6.45) is 4.16. The average molecular weight is 423 g/mol. The Bertz CT molecular complexity index is 418. The number of rotatable bonds is 4. The molecule has 2 unspecified atom stereocenters. The maximum atomic E-state index is 11.5. The molecule has 0 saturated carbocycles. The van der Waals surface area contributed by atoms with Crippen LogP contribution in [0.15, 0.2) is 0 Å². The molecule has 0 bridgehead atoms. The second-order valence-corrected chi connectivity index (χ2v) is 8.83. The van der Waals surface area contributed by atoms with E-state index >= 15 is 0 Å². The van der Waals surface area contributed by atoms with Gasteiger partial charge < -0.3 is 19.4 Å². The van der Waals surface area contributed by atoms with Gasteiger partial charge in [-0.1, -0.05) is 0 Å². The molecule has 0 aliphatic carbocycles. The fraction of sp³-hybridized carbons (Fsp3) is 0.842. The van der Waals surface area contributed by atoms with E-state index in [0.29, 0.717) is 5.92 Å². The van der Waals surface area contributed by atoms with E-state index in [9.17, 15) is 14.7 Å². The summed E-state index contributed by atoms with van der Waals surface area (Å²) in [5, 5.41) is 9.56. The van der Waals surface area contributed by atoms with Gasteiger partial charge in [0.05, 0.1) is 32.2 Å². The topological polar surface area (TPSA) is 89.9 Å². The number of hydrogen-bond acceptors (Lipinski definition) is 8. The minimum atomic E-state index is -0.601. The Morgan fingerprint density at radius 3 is 1.81 bits per heavy atom. The number of carbonyl (C=O) groups is 3. The van der Waals surface area contributed by atoms with Gasteiger partial charge in [-0.25, -0.2) is 0 Å². The lowest BCUT2D eigenvalue weighted by atomic mass is 9.84. The van der Waals surface area contributed by atoms with Gasteiger partial charge in [0.1, 0.15) is 6.29 Å². The van der Waals surface area contributed by atoms with E-state index < -0.39 is 6.10 Å². The number of aliphatic hydroxyl groups is 1. The molecule has 2 aliphatic heterocycles. The van der Waals surface area contributed by atoms with E-state index in [1.165, 1.54) is 21.1 Å². The number of esters is 2. The van der Waals surface area contributed by atoms with E-state index in [0.717, 1.165) is 55.0 Å². The SMILES string of the molecule is CC=O.COC(=O)C(C(C)O)C1CCSCC1.COC(=O)C1CCSCC1. The Kier molecular flexibility index (Phi) is 15.8. The third-order valence-electron chi connectivity index (χ3n) is 4.52. The van der Waals surface area contributed by atoms with Gasteiger partial charge in [-0.05, 0) is 68.5 Å². The van der Waals surface area contributed by atoms with Crippen molar-refractivity contribution in [1.29, 1.82) is 0 Å². The smallest absolute Gasteiger partial charge is 0.311 e. The van der Waals surface area contributed by atoms with Gasteiger partial charge >= 0.3 is 11.9 Å². The van der Waals surface area contributed by atoms with Gasteiger partial charge in [0.15, 0.2) is 0 Å². The van der Waals surface area contributed by atoms with Crippen molar-refractivity contribution in [1.82, 2.24) is 0 Å². The van der Waals surface area contributed by atoms with Gasteiger partial charge in [-0.2, -0.15) is 23.5 Å². The second-order valence-electron chi connectivity index (χ2n) is 6.38. The largest absolute Gasteiger partial charge is 0.469 e. The predicted octanol–water partition coefficient (Wildman–Crippen LogP) is 2.81. The fourth-order valence-corrected chi connectivity index (χ4v) is 5.34. The summed E-state index contributed by atoms with van der Waals surface area (Å²) >= 11 is 3.83. The van der Waals surface area contributed by atoms with Gasteiger partial charge in [-0.15, -0.1) is 0 Å². The average Bonchev–Trinajstić information content (AvgIpc) is 2.69. The molecule has 0 spiro atoms. The summed E-state index contributed by atoms with van der Waals surface area (Å²) in [7, 11) is 2.85. The molecule has 158 valence electrons. The molecule has 0 aromatic heterocycles. The van der Waals surface area contributed by atoms with Crippen molar-refractivity contribution in [3.05, 3.63) is 0 Å². The van der Waals surface area contributed by atoms with Crippen molar-refractivity contribution in [2.24, 2.45) is 17.8 Å². The zero-order chi connectivity index (χ0) is 20.7. The van der Waals surface area contributed by atoms with Crippen molar-refractivity contribution in [3.8, 4) is 0 Å². The lowest BCUT2D eigenvalue weighted by Gasteiger charge is -2.29. The first kappa shape index (κ1) is 26.3. The normalized spacial score (nSPS) is 19.9. The van der Waals surface area contributed by atoms with Crippen LogP contribution in [0.4, 0.5) is 0 Å². The van der Waals surface area contributed by atoms with Crippen LogP contribution in [-0.4, -0.2) is 66.7 Å². The summed E-state index contributed by atoms with van der Waals surface area (Å²) < 4.78 is 9.36. The first-order valence-electron chi connectivity index (χ1n) is 9.31. The van der Waals surface area contributed by atoms with E-state index in [1.807, 2.05) is 23.5 Å². The Morgan fingerprint density at radius 2 is 1.44 bits per heavy atom. The molecule has 2 atom stereocenters. The molecular weight excluding hydrogens is 388 g/mol. The fourth-order valence-electron chi connectivity index (χ4n) is 3.09. The van der Waals surface area contributed by atoms with Crippen molar-refractivity contribution >= 4 is 41.7 Å². The molecule has 2 fully saturated rings. The highest BCUT2D eigenvalue weighted by Gasteiger charge is 2.33. The minimum absolute atomic E-state index is 0.0275. The number of ether oxygens (including phenoxy) is 2. The number of hydrogen-bond donors (Lipinski definition) is 1. The highest BCUT2D eigenvalue weighted by atomic mass is 32.2. The highest BCUT2D eigenvalue weighted by molar-refractivity contribution is 7.99. The molecule has 2 aliphatic rings. The Balaban J connectivity index is 0.000000455. The molecule has 2 saturated heterocycles. The standard InChI is InChI=1S/C10H18O3S.C7H12O2S.C2H4O/c1-7(11)9(10(12)13-2)8-3-5-14-6-4-8;1-9-7(8)6-2-4-10-5-3-6;1-2-3/h7-9,11H,3-6H2,1-2H3;6H,2-5H2,1H3;2H,1H3. The highest BCUT2D eigenvalue weighted by Crippen LogP contribution is 2.31. The van der Waals surface area contributed by atoms with E-state index in [2.05, 4.69) is 4.74 Å². The van der Waals surface area contributed by atoms with Crippen LogP contribution in [0.25, 0.3) is 0 Å². The molecule has 1 N–H and O–H groups in total. The van der Waals surface area contributed by atoms with Crippen LogP contribution < -0.4 is 0 Å². The molecular formula is C19H34O6S2. The number of methoxy groups -OCH3 is 2. The minimum Gasteiger partial charge on any atom is -0.469 e. The molecule has 8 heteroatoms. The molecule has 2 rings (SSSR count). The van der Waals surface area contributed by atoms with Crippen molar-refractivity contribution in [2.75, 3.05) is 37.2 Å². The molecule has 6 nitrogen and oxygen atoms in total. The van der Waals surface area contributed by atoms with Crippen molar-refractivity contribution in [2.45, 2.75) is 45.6 Å². The molecule has 2 heterocycles. The maximum Gasteiger partial charge on any atom is 0.311 e. The zero-order valence-electron chi connectivity index (χ0n) is 16.8. The quantitative estimate of drug-likeness (QED) is 0.546. The lowest BCUT2D eigenvalue weighted by Crippen LogP contribution is -2.35. The number of carbonyl (C=O) groups excluding carboxylic acids is 3. The van der Waals surface area contributed by atoms with E-state index in [1.54, 1.807) is 6.92 Å². The first-order chi connectivity index (χ1) is 12.9. The second kappa shape index (κ2) is 16.2. The monoisotopic (exact) mass is 422 g/mol. The number of aliphatic hydroxyl groups excluding tert-OH is 1. The molecule has 0 radical (unpaired) electrons. The molecule has 0 aromatic carbocycles. The first-order valence-corrected chi connectivity index (χ1v) is 11.6. The Labute approximate surface area is 171 Å². The molecule has 27 heavy (non-hydrogen) atoms. The summed E-state index contributed by atoms with van der Waals surface area (Å²) in [5.74, 6) is 4.25. The number of aldehydes is 1. The zero-order valence-corrected chi connectivity index (χ0v) is 18.5. The predicted molar refractivity (Wildman–Crippen MR) is 111 cm³/mol. The number of thioether (sulfide) groups is 2. The van der Waals surface area contributed by atoms with Gasteiger partial charge in [0, 0.05) is 0 Å². The van der Waals surface area contributed by atoms with Crippen molar-refractivity contribution in [3.63, 3.8) is 0 Å². The van der Waals surface area contributed by atoms with Crippen LogP contribution >= 0.6 is 23.5 Å². The van der Waals surface area contributed by atoms with E-state index in [4.69, 9.17) is 9.53 Å². The van der Waals surface area contributed by atoms with Gasteiger partial charge in [0.25, 0.3) is 0 Å². The summed E-state index contributed by atoms with van der Waals surface area (Å²) in [6, 6.07) is 0. The van der Waals surface area contributed by atoms with Crippen LogP contribution in [0.1, 0.15) is 39.5 Å². The summed E-state index contributed by atoms with van der Waals surface area (Å²) in [5.41, 5.74) is 0. The molecule has 0 amide bonds. The Morgan fingerprint density at radius 1 is 1.00 bits per heavy atom. The Hall–Kier alpha value is -0.730. The van der Waals surface area contributed by atoms with Crippen LogP contribution in [0, 0.1) is 17.8 Å². The van der Waals surface area contributed by atoms with Gasteiger partial charge in [0.2, 0.25) is 0 Å². The van der Waals surface area contributed by atoms with Gasteiger partial charge in [-0.3, -0.25) is 9.59 Å². The summed E-state index contributed by atoms with van der Waals surface area (Å²) in [6.45, 7) is 3.11. The maximum absolute atomic E-state index is 11.5. The third kappa shape index (κ3) is 11.0. The molecule has 0 aromatic rings. The lowest BCUT2D eigenvalue weighted by molar-refractivity contribution is -0.152. The van der Waals surface area contributed by atoms with Crippen LogP contribution in [0.3, 0.4) is 0 Å². The summed E-state index contributed by atoms with van der Waals surface area (Å²) in [4.78, 5) is 31.2. The van der Waals surface area contributed by atoms with E-state index in [-0.39, 0.29) is 23.8 Å². The third-order valence-corrected chi connectivity index (χ3v) is 6.62.